The van der Waals surface area contributed by atoms with Gasteiger partial charge in [0, 0.05) is 0 Å². The van der Waals surface area contributed by atoms with Crippen LogP contribution in [0.5, 0.6) is 5.75 Å². The number of rotatable bonds is 18. The Kier molecular flexibility index (Phi) is 20.9. The van der Waals surface area contributed by atoms with Crippen LogP contribution in [0.1, 0.15) is 152 Å². The molecule has 1 aromatic carbocycles. The van der Waals surface area contributed by atoms with Gasteiger partial charge in [0.2, 0.25) is 0 Å². The summed E-state index contributed by atoms with van der Waals surface area (Å²) >= 11 is 0. The molecule has 0 aromatic heterocycles. The Morgan fingerprint density at radius 2 is 1.14 bits per heavy atom. The Hall–Kier alpha value is -0.630. The van der Waals surface area contributed by atoms with Crippen LogP contribution in [0.2, 0.25) is 0 Å². The second-order valence-electron chi connectivity index (χ2n) is 12.4. The van der Waals surface area contributed by atoms with Crippen LogP contribution in [0.4, 0.5) is 0 Å². The summed E-state index contributed by atoms with van der Waals surface area (Å²) in [6.45, 7) is 17.5. The van der Waals surface area contributed by atoms with E-state index in [2.05, 4.69) is 34.6 Å². The molecule has 3 nitrogen and oxygen atoms in total. The van der Waals surface area contributed by atoms with Gasteiger partial charge in [0.15, 0.2) is 0 Å². The average Bonchev–Trinajstić information content (AvgIpc) is 2.78. The molecule has 0 aliphatic carbocycles. The maximum atomic E-state index is 9.46. The van der Waals surface area contributed by atoms with E-state index < -0.39 is 14.2 Å². The molecule has 2 atom stereocenters. The molecular weight excluding hydrogens is 463 g/mol. The van der Waals surface area contributed by atoms with E-state index in [9.17, 15) is 4.89 Å². The molecule has 0 saturated heterocycles. The second kappa shape index (κ2) is 21.3. The Labute approximate surface area is 227 Å². The number of hydrogen-bond acceptors (Lipinski definition) is 3. The van der Waals surface area contributed by atoms with Gasteiger partial charge >= 0.3 is 8.60 Å². The summed E-state index contributed by atoms with van der Waals surface area (Å²) in [5.74, 6) is 1.55. The zero-order valence-corrected chi connectivity index (χ0v) is 26.2. The summed E-state index contributed by atoms with van der Waals surface area (Å²) in [5, 5.41) is 0. The van der Waals surface area contributed by atoms with E-state index in [0.29, 0.717) is 11.2 Å². The van der Waals surface area contributed by atoms with Gasteiger partial charge in [0.05, 0.1) is 5.60 Å². The fraction of sp³-hybridized carbons (Fsp3) is 0.812. The van der Waals surface area contributed by atoms with Crippen LogP contribution in [0, 0.1) is 11.3 Å². The minimum Gasteiger partial charge on any atom is -0.427 e. The predicted molar refractivity (Wildman–Crippen MR) is 161 cm³/mol. The van der Waals surface area contributed by atoms with E-state index in [1.54, 1.807) is 12.1 Å². The first kappa shape index (κ1) is 35.4. The first-order valence-corrected chi connectivity index (χ1v) is 16.0. The van der Waals surface area contributed by atoms with Crippen LogP contribution in [-0.2, 0) is 4.52 Å². The van der Waals surface area contributed by atoms with E-state index in [4.69, 9.17) is 9.05 Å². The molecule has 212 valence electrons. The van der Waals surface area contributed by atoms with Crippen molar-refractivity contribution < 1.29 is 13.9 Å². The standard InChI is InChI=1S/C22H46.C10H15O3P/c1-6-8-9-10-11-12-13-14-15-16-17-18-20-21(19-7-2)22(3,4)5;1-10(2,3)13-14(11)12-9-7-5-4-6-8-9/h21H,6-20H2,1-5H3;4-8,11H,1-3H3. The molecule has 1 aromatic rings. The number of hydrogen-bond donors (Lipinski definition) is 1. The lowest BCUT2D eigenvalue weighted by atomic mass is 9.75. The minimum absolute atomic E-state index is 0.394. The average molecular weight is 525 g/mol. The van der Waals surface area contributed by atoms with Gasteiger partial charge in [-0.05, 0) is 50.7 Å². The molecular formula is C32H61O3P. The summed E-state index contributed by atoms with van der Waals surface area (Å²) < 4.78 is 10.4. The summed E-state index contributed by atoms with van der Waals surface area (Å²) in [6.07, 6.45) is 21.7. The molecule has 1 rings (SSSR count). The van der Waals surface area contributed by atoms with Gasteiger partial charge in [-0.25, -0.2) is 0 Å². The molecule has 0 bridgehead atoms. The third-order valence-electron chi connectivity index (χ3n) is 6.55. The van der Waals surface area contributed by atoms with Crippen molar-refractivity contribution in [1.29, 1.82) is 0 Å². The van der Waals surface area contributed by atoms with Crippen LogP contribution in [0.15, 0.2) is 30.3 Å². The van der Waals surface area contributed by atoms with Crippen molar-refractivity contribution in [1.82, 2.24) is 0 Å². The van der Waals surface area contributed by atoms with Crippen LogP contribution in [0.3, 0.4) is 0 Å². The van der Waals surface area contributed by atoms with Crippen LogP contribution in [-0.4, -0.2) is 10.5 Å². The molecule has 36 heavy (non-hydrogen) atoms. The van der Waals surface area contributed by atoms with E-state index in [-0.39, 0.29) is 0 Å². The molecule has 0 fully saturated rings. The molecule has 0 spiro atoms. The minimum atomic E-state index is -1.84. The van der Waals surface area contributed by atoms with Gasteiger partial charge in [0.1, 0.15) is 5.75 Å². The molecule has 0 aliphatic rings. The van der Waals surface area contributed by atoms with Crippen molar-refractivity contribution in [3.8, 4) is 5.75 Å². The third-order valence-corrected chi connectivity index (χ3v) is 7.62. The third kappa shape index (κ3) is 22.6. The molecule has 4 heteroatoms. The van der Waals surface area contributed by atoms with Gasteiger partial charge in [-0.15, -0.1) is 0 Å². The lowest BCUT2D eigenvalue weighted by Gasteiger charge is -2.30. The van der Waals surface area contributed by atoms with E-state index >= 15 is 0 Å². The largest absolute Gasteiger partial charge is 0.427 e. The van der Waals surface area contributed by atoms with Crippen molar-refractivity contribution in [3.05, 3.63) is 30.3 Å². The number of para-hydroxylation sites is 1. The van der Waals surface area contributed by atoms with Crippen molar-refractivity contribution in [3.63, 3.8) is 0 Å². The Morgan fingerprint density at radius 3 is 1.56 bits per heavy atom. The van der Waals surface area contributed by atoms with Gasteiger partial charge in [-0.3, -0.25) is 4.52 Å². The summed E-state index contributed by atoms with van der Waals surface area (Å²) in [4.78, 5) is 9.46. The number of benzene rings is 1. The maximum absolute atomic E-state index is 9.46. The highest BCUT2D eigenvalue weighted by molar-refractivity contribution is 7.41. The normalized spacial score (nSPS) is 13.6. The van der Waals surface area contributed by atoms with Crippen LogP contribution < -0.4 is 4.52 Å². The van der Waals surface area contributed by atoms with Crippen molar-refractivity contribution in [2.24, 2.45) is 11.3 Å². The summed E-state index contributed by atoms with van der Waals surface area (Å²) in [5.41, 5.74) is 0.114. The zero-order chi connectivity index (χ0) is 27.3. The first-order chi connectivity index (χ1) is 17.0. The fourth-order valence-electron chi connectivity index (χ4n) is 4.41. The highest BCUT2D eigenvalue weighted by Crippen LogP contribution is 2.39. The monoisotopic (exact) mass is 524 g/mol. The predicted octanol–water partition coefficient (Wildman–Crippen LogP) is 11.6. The highest BCUT2D eigenvalue weighted by Gasteiger charge is 2.23. The maximum Gasteiger partial charge on any atom is 0.394 e. The van der Waals surface area contributed by atoms with Crippen molar-refractivity contribution in [2.45, 2.75) is 157 Å². The molecule has 0 saturated carbocycles. The Balaban J connectivity index is 0.000000748. The SMILES string of the molecule is CC(C)(C)OP(O)Oc1ccccc1.CCCCCCCCCCCCCCC(CCC)C(C)(C)C. The summed E-state index contributed by atoms with van der Waals surface area (Å²) in [7, 11) is -1.84. The van der Waals surface area contributed by atoms with Crippen LogP contribution in [0.25, 0.3) is 0 Å². The molecule has 0 radical (unpaired) electrons. The second-order valence-corrected chi connectivity index (χ2v) is 13.2. The molecule has 0 aliphatic heterocycles. The van der Waals surface area contributed by atoms with Crippen molar-refractivity contribution >= 4 is 8.60 Å². The Morgan fingerprint density at radius 1 is 0.667 bits per heavy atom. The molecule has 0 amide bonds. The molecule has 2 unspecified atom stereocenters. The molecule has 1 N–H and O–H groups in total. The Bertz CT molecular complexity index is 592. The first-order valence-electron chi connectivity index (χ1n) is 14.9. The zero-order valence-electron chi connectivity index (χ0n) is 25.3. The number of unbranched alkanes of at least 4 members (excludes halogenated alkanes) is 11. The van der Waals surface area contributed by atoms with E-state index in [0.717, 1.165) is 5.92 Å². The topological polar surface area (TPSA) is 38.7 Å². The van der Waals surface area contributed by atoms with Gasteiger partial charge in [-0.1, -0.05) is 143 Å². The smallest absolute Gasteiger partial charge is 0.394 e. The quantitative estimate of drug-likeness (QED) is 0.153. The van der Waals surface area contributed by atoms with Gasteiger partial charge < -0.3 is 9.42 Å². The summed E-state index contributed by atoms with van der Waals surface area (Å²) in [6, 6.07) is 9.12. The van der Waals surface area contributed by atoms with Crippen molar-refractivity contribution in [2.75, 3.05) is 0 Å². The fourth-order valence-corrected chi connectivity index (χ4v) is 5.22. The molecule has 0 heterocycles. The van der Waals surface area contributed by atoms with E-state index in [1.165, 1.54) is 96.3 Å². The van der Waals surface area contributed by atoms with Crippen LogP contribution >= 0.6 is 8.60 Å². The van der Waals surface area contributed by atoms with Gasteiger partial charge in [0.25, 0.3) is 0 Å². The lowest BCUT2D eigenvalue weighted by molar-refractivity contribution is 0.112. The highest BCUT2D eigenvalue weighted by atomic mass is 31.2. The van der Waals surface area contributed by atoms with E-state index in [1.807, 2.05) is 39.0 Å². The van der Waals surface area contributed by atoms with Gasteiger partial charge in [-0.2, -0.15) is 0 Å². The lowest BCUT2D eigenvalue weighted by Crippen LogP contribution is -2.20.